The third-order valence-electron chi connectivity index (χ3n) is 3.66. The zero-order valence-electron chi connectivity index (χ0n) is 12.6. The van der Waals surface area contributed by atoms with Gasteiger partial charge in [0.2, 0.25) is 0 Å². The minimum Gasteiger partial charge on any atom is -0.393 e. The van der Waals surface area contributed by atoms with Crippen LogP contribution in [0.3, 0.4) is 0 Å². The third-order valence-corrected chi connectivity index (χ3v) is 3.66. The summed E-state index contributed by atoms with van der Waals surface area (Å²) < 4.78 is 4.78. The smallest absolute Gasteiger partial charge is 0.313 e. The van der Waals surface area contributed by atoms with Crippen LogP contribution in [-0.2, 0) is 14.3 Å². The van der Waals surface area contributed by atoms with Crippen molar-refractivity contribution in [2.45, 2.75) is 83.5 Å². The fourth-order valence-electron chi connectivity index (χ4n) is 2.43. The molecular formula is C17H28O3. The molecule has 1 rings (SSSR count). The van der Waals surface area contributed by atoms with Crippen LogP contribution in [-0.4, -0.2) is 11.9 Å². The van der Waals surface area contributed by atoms with Crippen LogP contribution in [0.25, 0.3) is 0 Å². The normalized spacial score (nSPS) is 23.4. The van der Waals surface area contributed by atoms with Gasteiger partial charge in [-0.15, -0.1) is 0 Å². The summed E-state index contributed by atoms with van der Waals surface area (Å²) in [6.07, 6.45) is 17.5. The van der Waals surface area contributed by atoms with Crippen LogP contribution < -0.4 is 0 Å². The standard InChI is InChI=1S/C17H28O3/c18-16-14-12-10-8-6-4-2-1-3-5-7-9-11-13-15-17(19)20-16/h8,10H,1-7,9,11-15H2/b10-8+. The van der Waals surface area contributed by atoms with Crippen LogP contribution in [0, 0.1) is 0 Å². The molecule has 1 aliphatic heterocycles. The molecule has 0 N–H and O–H groups in total. The summed E-state index contributed by atoms with van der Waals surface area (Å²) in [6.45, 7) is 0. The number of hydrogen-bond acceptors (Lipinski definition) is 3. The molecule has 0 aromatic rings. The van der Waals surface area contributed by atoms with E-state index in [1.54, 1.807) is 0 Å². The summed E-state index contributed by atoms with van der Waals surface area (Å²) in [7, 11) is 0. The summed E-state index contributed by atoms with van der Waals surface area (Å²) in [5, 5.41) is 0. The van der Waals surface area contributed by atoms with Crippen molar-refractivity contribution in [2.75, 3.05) is 0 Å². The summed E-state index contributed by atoms with van der Waals surface area (Å²) in [5.41, 5.74) is 0. The number of carbonyl (C=O) groups is 2. The van der Waals surface area contributed by atoms with Gasteiger partial charge in [0.05, 0.1) is 0 Å². The zero-order chi connectivity index (χ0) is 14.5. The molecule has 0 aromatic heterocycles. The fourth-order valence-corrected chi connectivity index (χ4v) is 2.43. The van der Waals surface area contributed by atoms with E-state index in [-0.39, 0.29) is 11.9 Å². The van der Waals surface area contributed by atoms with Gasteiger partial charge in [0, 0.05) is 12.8 Å². The maximum atomic E-state index is 11.4. The molecule has 0 fully saturated rings. The molecule has 1 aliphatic rings. The van der Waals surface area contributed by atoms with Gasteiger partial charge in [0.25, 0.3) is 0 Å². The van der Waals surface area contributed by atoms with Gasteiger partial charge in [-0.1, -0.05) is 57.1 Å². The molecule has 0 spiro atoms. The molecule has 3 nitrogen and oxygen atoms in total. The van der Waals surface area contributed by atoms with E-state index in [0.717, 1.165) is 19.3 Å². The van der Waals surface area contributed by atoms with Gasteiger partial charge in [0.1, 0.15) is 0 Å². The summed E-state index contributed by atoms with van der Waals surface area (Å²) in [4.78, 5) is 22.8. The van der Waals surface area contributed by atoms with E-state index in [4.69, 9.17) is 4.74 Å². The Morgan fingerprint density at radius 3 is 1.80 bits per heavy atom. The van der Waals surface area contributed by atoms with Crippen LogP contribution in [0.4, 0.5) is 0 Å². The summed E-state index contributed by atoms with van der Waals surface area (Å²) in [6, 6.07) is 0. The highest BCUT2D eigenvalue weighted by Gasteiger charge is 2.09. The Balaban J connectivity index is 2.28. The summed E-state index contributed by atoms with van der Waals surface area (Å²) in [5.74, 6) is -0.749. The Hall–Kier alpha value is -1.12. The van der Waals surface area contributed by atoms with E-state index in [1.165, 1.54) is 44.9 Å². The van der Waals surface area contributed by atoms with Gasteiger partial charge in [0.15, 0.2) is 0 Å². The predicted octanol–water partition coefficient (Wildman–Crippen LogP) is 4.70. The molecule has 1 heterocycles. The number of carbonyl (C=O) groups excluding carboxylic acids is 2. The number of rotatable bonds is 0. The van der Waals surface area contributed by atoms with E-state index >= 15 is 0 Å². The summed E-state index contributed by atoms with van der Waals surface area (Å²) >= 11 is 0. The van der Waals surface area contributed by atoms with E-state index in [1.807, 2.05) is 6.08 Å². The average Bonchev–Trinajstić information content (AvgIpc) is 2.42. The van der Waals surface area contributed by atoms with Crippen molar-refractivity contribution in [1.29, 1.82) is 0 Å². The lowest BCUT2D eigenvalue weighted by Crippen LogP contribution is -2.11. The second-order valence-corrected chi connectivity index (χ2v) is 5.58. The average molecular weight is 280 g/mol. The van der Waals surface area contributed by atoms with Crippen molar-refractivity contribution >= 4 is 11.9 Å². The highest BCUT2D eigenvalue weighted by atomic mass is 16.6. The predicted molar refractivity (Wildman–Crippen MR) is 80.3 cm³/mol. The quantitative estimate of drug-likeness (QED) is 0.367. The van der Waals surface area contributed by atoms with Crippen molar-refractivity contribution in [3.05, 3.63) is 12.2 Å². The molecule has 0 amide bonds. The third kappa shape index (κ3) is 9.76. The van der Waals surface area contributed by atoms with Gasteiger partial charge in [-0.3, -0.25) is 9.59 Å². The maximum absolute atomic E-state index is 11.4. The van der Waals surface area contributed by atoms with Crippen LogP contribution in [0.5, 0.6) is 0 Å². The molecule has 0 saturated heterocycles. The molecule has 0 atom stereocenters. The second kappa shape index (κ2) is 11.7. The largest absolute Gasteiger partial charge is 0.393 e. The van der Waals surface area contributed by atoms with Crippen molar-refractivity contribution in [3.8, 4) is 0 Å². The lowest BCUT2D eigenvalue weighted by molar-refractivity contribution is -0.159. The van der Waals surface area contributed by atoms with Crippen LogP contribution in [0.2, 0.25) is 0 Å². The zero-order valence-corrected chi connectivity index (χ0v) is 12.6. The molecule has 0 bridgehead atoms. The van der Waals surface area contributed by atoms with Gasteiger partial charge < -0.3 is 4.74 Å². The number of allylic oxidation sites excluding steroid dienone is 2. The van der Waals surface area contributed by atoms with E-state index in [9.17, 15) is 9.59 Å². The topological polar surface area (TPSA) is 43.4 Å². The molecule has 0 unspecified atom stereocenters. The molecular weight excluding hydrogens is 252 g/mol. The van der Waals surface area contributed by atoms with Crippen molar-refractivity contribution < 1.29 is 14.3 Å². The van der Waals surface area contributed by atoms with Gasteiger partial charge >= 0.3 is 11.9 Å². The van der Waals surface area contributed by atoms with Gasteiger partial charge in [-0.25, -0.2) is 0 Å². The van der Waals surface area contributed by atoms with Crippen LogP contribution in [0.15, 0.2) is 12.2 Å². The fraction of sp³-hybridized carbons (Fsp3) is 0.765. The molecule has 0 aliphatic carbocycles. The van der Waals surface area contributed by atoms with Crippen LogP contribution >= 0.6 is 0 Å². The van der Waals surface area contributed by atoms with Gasteiger partial charge in [-0.05, 0) is 25.7 Å². The lowest BCUT2D eigenvalue weighted by Gasteiger charge is -2.04. The number of cyclic esters (lactones) is 2. The van der Waals surface area contributed by atoms with Crippen molar-refractivity contribution in [1.82, 2.24) is 0 Å². The Labute approximate surface area is 122 Å². The molecule has 0 radical (unpaired) electrons. The monoisotopic (exact) mass is 280 g/mol. The minimum absolute atomic E-state index is 0.308. The molecule has 3 heteroatoms. The maximum Gasteiger partial charge on any atom is 0.313 e. The minimum atomic E-state index is -0.388. The molecule has 0 aromatic carbocycles. The van der Waals surface area contributed by atoms with Gasteiger partial charge in [-0.2, -0.15) is 0 Å². The first-order valence-corrected chi connectivity index (χ1v) is 8.17. The second-order valence-electron chi connectivity index (χ2n) is 5.58. The number of ether oxygens (including phenoxy) is 1. The first-order valence-electron chi connectivity index (χ1n) is 8.17. The van der Waals surface area contributed by atoms with Crippen molar-refractivity contribution in [2.24, 2.45) is 0 Å². The van der Waals surface area contributed by atoms with E-state index in [2.05, 4.69) is 6.08 Å². The number of hydrogen-bond donors (Lipinski definition) is 0. The Bertz CT molecular complexity index is 307. The highest BCUT2D eigenvalue weighted by Crippen LogP contribution is 2.12. The Morgan fingerprint density at radius 1 is 0.600 bits per heavy atom. The Morgan fingerprint density at radius 2 is 1.10 bits per heavy atom. The van der Waals surface area contributed by atoms with E-state index in [0.29, 0.717) is 19.3 Å². The van der Waals surface area contributed by atoms with E-state index < -0.39 is 0 Å². The molecule has 20 heavy (non-hydrogen) atoms. The SMILES string of the molecule is O=C1CC/C=C/CCCCCCCCCCCC(=O)O1. The Kier molecular flexibility index (Phi) is 9.89. The first kappa shape index (κ1) is 16.9. The van der Waals surface area contributed by atoms with Crippen molar-refractivity contribution in [3.63, 3.8) is 0 Å². The molecule has 0 saturated carbocycles. The molecule has 114 valence electrons. The first-order chi connectivity index (χ1) is 9.79. The lowest BCUT2D eigenvalue weighted by atomic mass is 10.1. The number of esters is 2. The van der Waals surface area contributed by atoms with Crippen LogP contribution in [0.1, 0.15) is 83.5 Å². The highest BCUT2D eigenvalue weighted by molar-refractivity contribution is 5.85.